The molecule has 0 saturated carbocycles. The standard InChI is InChI=1S/C11H19F3N2O3/c1-3-16(4-2)9(17)5-6-15-7-8(10(18)19)11(12,13)14/h8,15H,3-7H2,1-2H3,(H,18,19). The normalized spacial score (nSPS) is 13.1. The average Bonchev–Trinajstić information content (AvgIpc) is 2.27. The Kier molecular flexibility index (Phi) is 7.43. The molecule has 2 N–H and O–H groups in total. The maximum absolute atomic E-state index is 12.3. The number of nitrogens with one attached hydrogen (secondary N) is 1. The highest BCUT2D eigenvalue weighted by Crippen LogP contribution is 2.25. The van der Waals surface area contributed by atoms with Crippen LogP contribution in [-0.4, -0.2) is 54.2 Å². The number of amides is 1. The van der Waals surface area contributed by atoms with E-state index in [1.807, 2.05) is 0 Å². The number of rotatable bonds is 8. The van der Waals surface area contributed by atoms with Gasteiger partial charge in [-0.3, -0.25) is 9.59 Å². The largest absolute Gasteiger partial charge is 0.481 e. The van der Waals surface area contributed by atoms with Crippen LogP contribution in [0.4, 0.5) is 13.2 Å². The number of aliphatic carboxylic acids is 1. The summed E-state index contributed by atoms with van der Waals surface area (Å²) in [5.41, 5.74) is 0. The van der Waals surface area contributed by atoms with Crippen molar-refractivity contribution in [2.45, 2.75) is 26.4 Å². The maximum Gasteiger partial charge on any atom is 0.403 e. The fourth-order valence-electron chi connectivity index (χ4n) is 1.52. The van der Waals surface area contributed by atoms with E-state index in [2.05, 4.69) is 5.32 Å². The Hall–Kier alpha value is -1.31. The quantitative estimate of drug-likeness (QED) is 0.655. The van der Waals surface area contributed by atoms with Crippen LogP contribution in [-0.2, 0) is 9.59 Å². The number of hydrogen-bond donors (Lipinski definition) is 2. The molecule has 0 bridgehead atoms. The van der Waals surface area contributed by atoms with E-state index < -0.39 is 24.6 Å². The number of hydrogen-bond acceptors (Lipinski definition) is 3. The smallest absolute Gasteiger partial charge is 0.403 e. The van der Waals surface area contributed by atoms with Gasteiger partial charge < -0.3 is 15.3 Å². The van der Waals surface area contributed by atoms with E-state index in [0.29, 0.717) is 13.1 Å². The Bertz CT molecular complexity index is 304. The first-order valence-electron chi connectivity index (χ1n) is 6.02. The highest BCUT2D eigenvalue weighted by Gasteiger charge is 2.44. The molecule has 8 heteroatoms. The molecule has 0 aromatic rings. The minimum absolute atomic E-state index is 0.0230. The van der Waals surface area contributed by atoms with Crippen LogP contribution in [0.5, 0.6) is 0 Å². The van der Waals surface area contributed by atoms with E-state index in [9.17, 15) is 22.8 Å². The zero-order valence-corrected chi connectivity index (χ0v) is 11.0. The van der Waals surface area contributed by atoms with Crippen molar-refractivity contribution in [2.24, 2.45) is 5.92 Å². The number of halogens is 3. The van der Waals surface area contributed by atoms with E-state index in [0.717, 1.165) is 0 Å². The first kappa shape index (κ1) is 17.7. The van der Waals surface area contributed by atoms with Gasteiger partial charge in [-0.1, -0.05) is 0 Å². The zero-order valence-electron chi connectivity index (χ0n) is 11.0. The summed E-state index contributed by atoms with van der Waals surface area (Å²) in [5, 5.41) is 10.8. The van der Waals surface area contributed by atoms with E-state index in [1.165, 1.54) is 0 Å². The van der Waals surface area contributed by atoms with Crippen LogP contribution in [0.3, 0.4) is 0 Å². The molecule has 0 heterocycles. The van der Waals surface area contributed by atoms with Crippen LogP contribution in [0.2, 0.25) is 0 Å². The molecule has 112 valence electrons. The van der Waals surface area contributed by atoms with Gasteiger partial charge in [0.1, 0.15) is 0 Å². The van der Waals surface area contributed by atoms with Crippen molar-refractivity contribution in [1.29, 1.82) is 0 Å². The lowest BCUT2D eigenvalue weighted by Gasteiger charge is -2.19. The van der Waals surface area contributed by atoms with Gasteiger partial charge in [0.15, 0.2) is 5.92 Å². The summed E-state index contributed by atoms with van der Waals surface area (Å²) >= 11 is 0. The fraction of sp³-hybridized carbons (Fsp3) is 0.818. The Labute approximate surface area is 109 Å². The summed E-state index contributed by atoms with van der Waals surface area (Å²) in [5.74, 6) is -4.54. The molecular formula is C11H19F3N2O3. The van der Waals surface area contributed by atoms with E-state index in [-0.39, 0.29) is 18.9 Å². The van der Waals surface area contributed by atoms with Crippen molar-refractivity contribution in [3.63, 3.8) is 0 Å². The van der Waals surface area contributed by atoms with Gasteiger partial charge in [-0.2, -0.15) is 13.2 Å². The third kappa shape index (κ3) is 6.42. The molecule has 1 unspecified atom stereocenters. The van der Waals surface area contributed by atoms with Gasteiger partial charge >= 0.3 is 12.1 Å². The molecule has 0 aliphatic carbocycles. The molecule has 1 amide bonds. The van der Waals surface area contributed by atoms with Gasteiger partial charge in [0.2, 0.25) is 5.91 Å². The van der Waals surface area contributed by atoms with Crippen LogP contribution < -0.4 is 5.32 Å². The van der Waals surface area contributed by atoms with Gasteiger partial charge in [-0.25, -0.2) is 0 Å². The topological polar surface area (TPSA) is 69.6 Å². The molecule has 0 fully saturated rings. The van der Waals surface area contributed by atoms with Gasteiger partial charge in [-0.15, -0.1) is 0 Å². The van der Waals surface area contributed by atoms with E-state index in [1.54, 1.807) is 18.7 Å². The van der Waals surface area contributed by atoms with E-state index in [4.69, 9.17) is 5.11 Å². The van der Waals surface area contributed by atoms with Crippen LogP contribution in [0, 0.1) is 5.92 Å². The van der Waals surface area contributed by atoms with Crippen LogP contribution in [0.1, 0.15) is 20.3 Å². The second-order valence-electron chi connectivity index (χ2n) is 3.95. The lowest BCUT2D eigenvalue weighted by Crippen LogP contribution is -2.40. The third-order valence-electron chi connectivity index (χ3n) is 2.67. The highest BCUT2D eigenvalue weighted by molar-refractivity contribution is 5.76. The minimum Gasteiger partial charge on any atom is -0.481 e. The van der Waals surface area contributed by atoms with Crippen molar-refractivity contribution >= 4 is 11.9 Å². The first-order chi connectivity index (χ1) is 8.73. The summed E-state index contributed by atoms with van der Waals surface area (Å²) in [4.78, 5) is 23.5. The summed E-state index contributed by atoms with van der Waals surface area (Å²) in [7, 11) is 0. The SMILES string of the molecule is CCN(CC)C(=O)CCNCC(C(=O)O)C(F)(F)F. The fourth-order valence-corrected chi connectivity index (χ4v) is 1.52. The molecular weight excluding hydrogens is 265 g/mol. The molecule has 0 radical (unpaired) electrons. The molecule has 5 nitrogen and oxygen atoms in total. The van der Waals surface area contributed by atoms with Gasteiger partial charge in [-0.05, 0) is 13.8 Å². The minimum atomic E-state index is -4.79. The molecule has 0 aromatic carbocycles. The first-order valence-corrected chi connectivity index (χ1v) is 6.02. The third-order valence-corrected chi connectivity index (χ3v) is 2.67. The number of carbonyl (C=O) groups excluding carboxylic acids is 1. The number of alkyl halides is 3. The van der Waals surface area contributed by atoms with Gasteiger partial charge in [0, 0.05) is 32.6 Å². The van der Waals surface area contributed by atoms with Crippen LogP contribution in [0.15, 0.2) is 0 Å². The average molecular weight is 284 g/mol. The lowest BCUT2D eigenvalue weighted by atomic mass is 10.1. The Morgan fingerprint density at radius 3 is 2.16 bits per heavy atom. The van der Waals surface area contributed by atoms with E-state index >= 15 is 0 Å². The second-order valence-corrected chi connectivity index (χ2v) is 3.95. The molecule has 0 spiro atoms. The van der Waals surface area contributed by atoms with Gasteiger partial charge in [0.25, 0.3) is 0 Å². The molecule has 0 aromatic heterocycles. The second kappa shape index (κ2) is 7.98. The molecule has 0 rings (SSSR count). The monoisotopic (exact) mass is 284 g/mol. The predicted octanol–water partition coefficient (Wildman–Crippen LogP) is 1.10. The number of carbonyl (C=O) groups is 2. The predicted molar refractivity (Wildman–Crippen MR) is 62.6 cm³/mol. The van der Waals surface area contributed by atoms with Gasteiger partial charge in [0.05, 0.1) is 0 Å². The molecule has 19 heavy (non-hydrogen) atoms. The molecule has 0 aliphatic rings. The van der Waals surface area contributed by atoms with Crippen molar-refractivity contribution in [1.82, 2.24) is 10.2 Å². The van der Waals surface area contributed by atoms with Crippen molar-refractivity contribution in [2.75, 3.05) is 26.2 Å². The Balaban J connectivity index is 4.09. The highest BCUT2D eigenvalue weighted by atomic mass is 19.4. The van der Waals surface area contributed by atoms with Crippen molar-refractivity contribution in [3.05, 3.63) is 0 Å². The van der Waals surface area contributed by atoms with Crippen molar-refractivity contribution in [3.8, 4) is 0 Å². The summed E-state index contributed by atoms with van der Waals surface area (Å²) in [6, 6.07) is 0. The number of carboxylic acids is 1. The molecule has 0 saturated heterocycles. The number of carboxylic acid groups (broad SMARTS) is 1. The maximum atomic E-state index is 12.3. The summed E-state index contributed by atoms with van der Waals surface area (Å²) in [6.07, 6.45) is -4.74. The zero-order chi connectivity index (χ0) is 15.1. The van der Waals surface area contributed by atoms with Crippen molar-refractivity contribution < 1.29 is 27.9 Å². The number of nitrogens with zero attached hydrogens (tertiary/aromatic N) is 1. The summed E-state index contributed by atoms with van der Waals surface area (Å²) in [6.45, 7) is 3.97. The Morgan fingerprint density at radius 1 is 1.26 bits per heavy atom. The van der Waals surface area contributed by atoms with Crippen LogP contribution in [0.25, 0.3) is 0 Å². The van der Waals surface area contributed by atoms with Crippen LogP contribution >= 0.6 is 0 Å². The molecule has 1 atom stereocenters. The Morgan fingerprint density at radius 2 is 1.79 bits per heavy atom. The summed E-state index contributed by atoms with van der Waals surface area (Å²) < 4.78 is 36.9. The lowest BCUT2D eigenvalue weighted by molar-refractivity contribution is -0.192. The molecule has 0 aliphatic heterocycles.